The number of rotatable bonds is 12. The highest BCUT2D eigenvalue weighted by molar-refractivity contribution is 7.86. The van der Waals surface area contributed by atoms with Crippen LogP contribution in [0.1, 0.15) is 12.8 Å². The Morgan fingerprint density at radius 3 is 1.50 bits per heavy atom. The molecule has 0 aromatic carbocycles. The van der Waals surface area contributed by atoms with Gasteiger partial charge in [0.1, 0.15) is 0 Å². The largest absolute Gasteiger partial charge is 0.462 e. The first-order valence-electron chi connectivity index (χ1n) is 10.9. The summed E-state index contributed by atoms with van der Waals surface area (Å²) in [6, 6.07) is 0. The maximum absolute atomic E-state index is 12.3. The highest BCUT2D eigenvalue weighted by Crippen LogP contribution is 2.00. The third kappa shape index (κ3) is 16.7. The average Bonchev–Trinajstić information content (AvgIpc) is 2.78. The second-order valence-electron chi connectivity index (χ2n) is 7.21. The van der Waals surface area contributed by atoms with Crippen molar-refractivity contribution in [2.75, 3.05) is 65.1 Å². The molecule has 1 aliphatic rings. The van der Waals surface area contributed by atoms with Crippen molar-refractivity contribution < 1.29 is 44.3 Å². The normalized spacial score (nSPS) is 18.4. The lowest BCUT2D eigenvalue weighted by atomic mass is 10.3. The predicted molar refractivity (Wildman–Crippen MR) is 132 cm³/mol. The van der Waals surface area contributed by atoms with Crippen LogP contribution in [0.2, 0.25) is 0 Å². The Bertz CT molecular complexity index is 966. The molecule has 1 aliphatic heterocycles. The molecule has 0 unspecified atom stereocenters. The summed E-state index contributed by atoms with van der Waals surface area (Å²) in [5.74, 6) is -1.28. The number of nitrogens with zero attached hydrogens (tertiary/aromatic N) is 2. The minimum absolute atomic E-state index is 0.0280. The van der Waals surface area contributed by atoms with E-state index in [0.29, 0.717) is 13.1 Å². The van der Waals surface area contributed by atoms with Crippen LogP contribution in [-0.4, -0.2) is 106 Å². The summed E-state index contributed by atoms with van der Waals surface area (Å²) < 4.78 is 63.1. The molecule has 2 N–H and O–H groups in total. The van der Waals surface area contributed by atoms with E-state index in [1.165, 1.54) is 24.8 Å². The molecule has 0 saturated heterocycles. The molecule has 14 nitrogen and oxygen atoms in total. The summed E-state index contributed by atoms with van der Waals surface area (Å²) in [4.78, 5) is 32.8. The third-order valence-electron chi connectivity index (χ3n) is 3.86. The lowest BCUT2D eigenvalue weighted by Gasteiger charge is -2.08. The van der Waals surface area contributed by atoms with Gasteiger partial charge in [-0.25, -0.2) is 9.59 Å². The van der Waals surface area contributed by atoms with Gasteiger partial charge in [0.25, 0.3) is 20.2 Å². The molecule has 1 rings (SSSR count). The summed E-state index contributed by atoms with van der Waals surface area (Å²) in [5.41, 5.74) is 0.333. The van der Waals surface area contributed by atoms with Gasteiger partial charge in [-0.15, -0.1) is 0 Å². The minimum atomic E-state index is -3.55. The molecule has 36 heavy (non-hydrogen) atoms. The second-order valence-corrected chi connectivity index (χ2v) is 10.5. The van der Waals surface area contributed by atoms with E-state index in [0.717, 1.165) is 12.5 Å². The number of nitrogens with one attached hydrogen (secondary N) is 2. The van der Waals surface area contributed by atoms with Crippen molar-refractivity contribution in [3.8, 4) is 0 Å². The van der Waals surface area contributed by atoms with Crippen molar-refractivity contribution >= 4 is 44.6 Å². The second kappa shape index (κ2) is 16.8. The fourth-order valence-corrected chi connectivity index (χ4v) is 3.12. The molecule has 204 valence electrons. The lowest BCUT2D eigenvalue weighted by Crippen LogP contribution is -2.20. The number of carbonyl (C=O) groups excluding carboxylic acids is 2. The van der Waals surface area contributed by atoms with E-state index in [1.807, 2.05) is 0 Å². The molecule has 0 saturated carbocycles. The standard InChI is InChI=1S/C20H32N4O10S2/c1-35(27,28)33-11-3-9-31-19(25)17-13-21-5-7-23-15-18(16-24-8-6-22-14-17)20(26)32-10-4-12-34-36(2,29)30/h13-16,21,24H,3-12H2,1-2H3/b17-13+,18-16+,22-14?,23-15?. The van der Waals surface area contributed by atoms with Crippen LogP contribution in [0.25, 0.3) is 0 Å². The monoisotopic (exact) mass is 552 g/mol. The predicted octanol–water partition coefficient (Wildman–Crippen LogP) is -1.09. The van der Waals surface area contributed by atoms with E-state index in [2.05, 4.69) is 29.0 Å². The van der Waals surface area contributed by atoms with Crippen molar-refractivity contribution in [3.05, 3.63) is 23.5 Å². The van der Waals surface area contributed by atoms with Crippen LogP contribution >= 0.6 is 0 Å². The summed E-state index contributed by atoms with van der Waals surface area (Å²) in [6.45, 7) is 0.963. The topological polar surface area (TPSA) is 188 Å². The van der Waals surface area contributed by atoms with Gasteiger partial charge in [-0.1, -0.05) is 0 Å². The molecule has 0 spiro atoms. The lowest BCUT2D eigenvalue weighted by molar-refractivity contribution is -0.139. The Labute approximate surface area is 211 Å². The van der Waals surface area contributed by atoms with Crippen molar-refractivity contribution in [2.24, 2.45) is 9.98 Å². The van der Waals surface area contributed by atoms with Gasteiger partial charge < -0.3 is 20.1 Å². The van der Waals surface area contributed by atoms with Gasteiger partial charge >= 0.3 is 11.9 Å². The zero-order valence-corrected chi connectivity index (χ0v) is 21.8. The molecule has 0 aromatic heterocycles. The molecule has 0 radical (unpaired) electrons. The average molecular weight is 553 g/mol. The number of hydrogen-bond donors (Lipinski definition) is 2. The fraction of sp³-hybridized carbons (Fsp3) is 0.600. The first-order valence-corrected chi connectivity index (χ1v) is 14.5. The molecule has 0 bridgehead atoms. The molecule has 0 fully saturated rings. The fourth-order valence-electron chi connectivity index (χ4n) is 2.28. The number of carbonyl (C=O) groups is 2. The first-order chi connectivity index (χ1) is 17.0. The number of hydrogen-bond acceptors (Lipinski definition) is 14. The summed E-state index contributed by atoms with van der Waals surface area (Å²) in [7, 11) is -7.09. The Hall–Kier alpha value is -2.82. The van der Waals surface area contributed by atoms with Gasteiger partial charge in [-0.2, -0.15) is 16.8 Å². The molecule has 16 heteroatoms. The number of esters is 2. The smallest absolute Gasteiger partial charge is 0.341 e. The Kier molecular flexibility index (Phi) is 14.5. The summed E-state index contributed by atoms with van der Waals surface area (Å²) in [6.07, 6.45) is 7.83. The van der Waals surface area contributed by atoms with Gasteiger partial charge in [0.15, 0.2) is 0 Å². The Morgan fingerprint density at radius 2 is 1.14 bits per heavy atom. The van der Waals surface area contributed by atoms with Crippen molar-refractivity contribution in [3.63, 3.8) is 0 Å². The molecule has 0 aliphatic carbocycles. The van der Waals surface area contributed by atoms with Gasteiger partial charge in [0.05, 0.1) is 63.2 Å². The van der Waals surface area contributed by atoms with E-state index >= 15 is 0 Å². The SMILES string of the molecule is CS(=O)(=O)OCCCOC(=O)/C1=C/NCCN=C/C(C(=O)OCCCOS(C)(=O)=O)=C\NCCN=C1. The van der Waals surface area contributed by atoms with Gasteiger partial charge in [0, 0.05) is 50.8 Å². The maximum Gasteiger partial charge on any atom is 0.341 e. The molecule has 0 atom stereocenters. The van der Waals surface area contributed by atoms with Crippen LogP contribution < -0.4 is 10.6 Å². The van der Waals surface area contributed by atoms with Crippen molar-refractivity contribution in [2.45, 2.75) is 12.8 Å². The Balaban J connectivity index is 2.55. The van der Waals surface area contributed by atoms with Crippen LogP contribution in [-0.2, 0) is 47.7 Å². The molecular formula is C20H32N4O10S2. The summed E-state index contributed by atoms with van der Waals surface area (Å²) in [5, 5.41) is 5.82. The zero-order valence-electron chi connectivity index (χ0n) is 20.2. The van der Waals surface area contributed by atoms with Crippen molar-refractivity contribution in [1.29, 1.82) is 0 Å². The highest BCUT2D eigenvalue weighted by Gasteiger charge is 2.11. The quantitative estimate of drug-likeness (QED) is 0.169. The molecular weight excluding hydrogens is 520 g/mol. The van der Waals surface area contributed by atoms with Crippen LogP contribution in [0, 0.1) is 0 Å². The zero-order chi connectivity index (χ0) is 26.9. The summed E-state index contributed by atoms with van der Waals surface area (Å²) >= 11 is 0. The minimum Gasteiger partial charge on any atom is -0.462 e. The maximum atomic E-state index is 12.3. The van der Waals surface area contributed by atoms with Crippen LogP contribution in [0.4, 0.5) is 0 Å². The van der Waals surface area contributed by atoms with Gasteiger partial charge in [0.2, 0.25) is 0 Å². The van der Waals surface area contributed by atoms with Gasteiger partial charge in [-0.05, 0) is 0 Å². The van der Waals surface area contributed by atoms with Crippen molar-refractivity contribution in [1.82, 2.24) is 10.6 Å². The van der Waals surface area contributed by atoms with Crippen LogP contribution in [0.5, 0.6) is 0 Å². The molecule has 1 heterocycles. The van der Waals surface area contributed by atoms with E-state index in [-0.39, 0.29) is 63.5 Å². The van der Waals surface area contributed by atoms with E-state index in [4.69, 9.17) is 9.47 Å². The van der Waals surface area contributed by atoms with Gasteiger partial charge in [-0.3, -0.25) is 18.4 Å². The van der Waals surface area contributed by atoms with E-state index in [9.17, 15) is 26.4 Å². The van der Waals surface area contributed by atoms with E-state index < -0.39 is 32.2 Å². The first kappa shape index (κ1) is 31.2. The highest BCUT2D eigenvalue weighted by atomic mass is 32.2. The third-order valence-corrected chi connectivity index (χ3v) is 5.05. The number of aliphatic imine (C=N–C) groups is 2. The van der Waals surface area contributed by atoms with Crippen LogP contribution in [0.3, 0.4) is 0 Å². The molecule has 0 amide bonds. The molecule has 0 aromatic rings. The van der Waals surface area contributed by atoms with Crippen LogP contribution in [0.15, 0.2) is 33.5 Å². The van der Waals surface area contributed by atoms with E-state index in [1.54, 1.807) is 0 Å². The Morgan fingerprint density at radius 1 is 0.750 bits per heavy atom. The number of ether oxygens (including phenoxy) is 2.